The van der Waals surface area contributed by atoms with Gasteiger partial charge in [-0.15, -0.1) is 18.3 Å². The maximum Gasteiger partial charge on any atom is 0.573 e. The number of aromatic nitrogens is 4. The molecule has 0 N–H and O–H groups in total. The van der Waals surface area contributed by atoms with Crippen molar-refractivity contribution in [2.75, 3.05) is 0 Å². The van der Waals surface area contributed by atoms with Crippen molar-refractivity contribution in [3.8, 4) is 11.6 Å². The Morgan fingerprint density at radius 1 is 1.24 bits per heavy atom. The Morgan fingerprint density at radius 2 is 2.00 bits per heavy atom. The highest BCUT2D eigenvalue weighted by Crippen LogP contribution is 2.22. The third-order valence-electron chi connectivity index (χ3n) is 1.65. The van der Waals surface area contributed by atoms with Gasteiger partial charge >= 0.3 is 6.36 Å². The summed E-state index contributed by atoms with van der Waals surface area (Å²) in [7, 11) is 0. The molecule has 17 heavy (non-hydrogen) atoms. The minimum atomic E-state index is -4.72. The lowest BCUT2D eigenvalue weighted by Crippen LogP contribution is -2.17. The molecule has 0 fully saturated rings. The molecule has 0 saturated carbocycles. The smallest absolute Gasteiger partial charge is 0.404 e. The van der Waals surface area contributed by atoms with Gasteiger partial charge in [-0.25, -0.2) is 14.6 Å². The van der Waals surface area contributed by atoms with Crippen LogP contribution in [0.4, 0.5) is 13.2 Å². The topological polar surface area (TPSA) is 52.8 Å². The molecule has 2 rings (SSSR count). The van der Waals surface area contributed by atoms with E-state index in [-0.39, 0.29) is 5.75 Å². The van der Waals surface area contributed by atoms with Crippen LogP contribution >= 0.6 is 15.9 Å². The molecule has 90 valence electrons. The van der Waals surface area contributed by atoms with Crippen molar-refractivity contribution in [1.29, 1.82) is 0 Å². The van der Waals surface area contributed by atoms with Crippen LogP contribution in [0.2, 0.25) is 0 Å². The van der Waals surface area contributed by atoms with Crippen LogP contribution in [0, 0.1) is 0 Å². The average molecular weight is 309 g/mol. The monoisotopic (exact) mass is 308 g/mol. The number of rotatable bonds is 2. The molecule has 2 aromatic heterocycles. The second-order valence-electron chi connectivity index (χ2n) is 2.86. The summed E-state index contributed by atoms with van der Waals surface area (Å²) in [5, 5.41) is 3.88. The molecule has 0 bridgehead atoms. The molecule has 9 heteroatoms. The summed E-state index contributed by atoms with van der Waals surface area (Å²) in [6.07, 6.45) is -2.39. The van der Waals surface area contributed by atoms with Gasteiger partial charge in [0, 0.05) is 0 Å². The van der Waals surface area contributed by atoms with Crippen LogP contribution in [0.1, 0.15) is 0 Å². The zero-order valence-corrected chi connectivity index (χ0v) is 9.60. The molecule has 2 aromatic rings. The molecular weight excluding hydrogens is 305 g/mol. The van der Waals surface area contributed by atoms with E-state index in [4.69, 9.17) is 0 Å². The molecule has 0 aliphatic carbocycles. The minimum Gasteiger partial charge on any atom is -0.404 e. The molecule has 0 aliphatic heterocycles. The Bertz CT molecular complexity index is 510. The zero-order chi connectivity index (χ0) is 12.5. The first kappa shape index (κ1) is 11.8. The van der Waals surface area contributed by atoms with Crippen molar-refractivity contribution < 1.29 is 17.9 Å². The molecular formula is C8H4BrF3N4O. The zero-order valence-electron chi connectivity index (χ0n) is 8.02. The number of alkyl halides is 3. The van der Waals surface area contributed by atoms with Crippen molar-refractivity contribution in [3.63, 3.8) is 0 Å². The average Bonchev–Trinajstić information content (AvgIpc) is 2.63. The maximum absolute atomic E-state index is 11.9. The van der Waals surface area contributed by atoms with E-state index >= 15 is 0 Å². The maximum atomic E-state index is 11.9. The standard InChI is InChI=1S/C8H4BrF3N4O/c9-7-14-4-16(15-7)6-2-1-5(3-13-6)17-8(10,11)12/h1-4H. The van der Waals surface area contributed by atoms with Gasteiger partial charge in [0.15, 0.2) is 5.82 Å². The van der Waals surface area contributed by atoms with Crippen molar-refractivity contribution >= 4 is 15.9 Å². The van der Waals surface area contributed by atoms with Crippen molar-refractivity contribution in [2.24, 2.45) is 0 Å². The molecule has 0 aromatic carbocycles. The summed E-state index contributed by atoms with van der Waals surface area (Å²) in [6.45, 7) is 0. The van der Waals surface area contributed by atoms with Crippen molar-refractivity contribution in [3.05, 3.63) is 29.4 Å². The van der Waals surface area contributed by atoms with Crippen LogP contribution < -0.4 is 4.74 Å². The SMILES string of the molecule is FC(F)(F)Oc1ccc(-n2cnc(Br)n2)nc1. The van der Waals surface area contributed by atoms with Gasteiger partial charge in [-0.2, -0.15) is 0 Å². The first-order valence-corrected chi connectivity index (χ1v) is 5.03. The highest BCUT2D eigenvalue weighted by Gasteiger charge is 2.31. The summed E-state index contributed by atoms with van der Waals surface area (Å²) >= 11 is 3.04. The van der Waals surface area contributed by atoms with Gasteiger partial charge in [0.2, 0.25) is 4.73 Å². The molecule has 0 amide bonds. The van der Waals surface area contributed by atoms with Crippen LogP contribution in [0.3, 0.4) is 0 Å². The van der Waals surface area contributed by atoms with E-state index in [0.29, 0.717) is 10.6 Å². The fourth-order valence-electron chi connectivity index (χ4n) is 1.06. The molecule has 0 atom stereocenters. The summed E-state index contributed by atoms with van der Waals surface area (Å²) in [5.74, 6) is -0.0573. The van der Waals surface area contributed by atoms with Crippen LogP contribution in [0.5, 0.6) is 5.75 Å². The summed E-state index contributed by atoms with van der Waals surface area (Å²) in [6, 6.07) is 2.48. The fraction of sp³-hybridized carbons (Fsp3) is 0.125. The van der Waals surface area contributed by atoms with Crippen LogP contribution in [-0.2, 0) is 0 Å². The van der Waals surface area contributed by atoms with Crippen LogP contribution in [-0.4, -0.2) is 26.1 Å². The number of ether oxygens (including phenoxy) is 1. The molecule has 2 heterocycles. The second-order valence-corrected chi connectivity index (χ2v) is 3.57. The van der Waals surface area contributed by atoms with Crippen molar-refractivity contribution in [1.82, 2.24) is 19.7 Å². The van der Waals surface area contributed by atoms with E-state index in [1.165, 1.54) is 17.1 Å². The normalized spacial score (nSPS) is 11.5. The summed E-state index contributed by atoms with van der Waals surface area (Å²) < 4.78 is 41.0. The Labute approximate surface area is 101 Å². The quantitative estimate of drug-likeness (QED) is 0.854. The largest absolute Gasteiger partial charge is 0.573 e. The molecule has 0 aliphatic rings. The Hall–Kier alpha value is -1.64. The van der Waals surface area contributed by atoms with E-state index in [1.807, 2.05) is 0 Å². The van der Waals surface area contributed by atoms with Gasteiger partial charge in [-0.05, 0) is 28.1 Å². The van der Waals surface area contributed by atoms with Gasteiger partial charge < -0.3 is 4.74 Å². The Balaban J connectivity index is 2.19. The first-order valence-electron chi connectivity index (χ1n) is 4.23. The third kappa shape index (κ3) is 3.16. The number of hydrogen-bond donors (Lipinski definition) is 0. The molecule has 0 saturated heterocycles. The second kappa shape index (κ2) is 4.32. The Morgan fingerprint density at radius 3 is 2.47 bits per heavy atom. The fourth-order valence-corrected chi connectivity index (χ4v) is 1.32. The summed E-state index contributed by atoms with van der Waals surface area (Å²) in [4.78, 5) is 7.55. The molecule has 0 radical (unpaired) electrons. The first-order chi connectivity index (χ1) is 7.94. The number of halogens is 4. The van der Waals surface area contributed by atoms with Gasteiger partial charge in [-0.1, -0.05) is 0 Å². The van der Waals surface area contributed by atoms with E-state index in [1.54, 1.807) is 0 Å². The van der Waals surface area contributed by atoms with Gasteiger partial charge in [0.05, 0.1) is 6.20 Å². The van der Waals surface area contributed by atoms with Crippen LogP contribution in [0.15, 0.2) is 29.4 Å². The lowest BCUT2D eigenvalue weighted by atomic mass is 10.4. The van der Waals surface area contributed by atoms with E-state index in [0.717, 1.165) is 12.3 Å². The van der Waals surface area contributed by atoms with E-state index < -0.39 is 6.36 Å². The number of hydrogen-bond acceptors (Lipinski definition) is 4. The Kier molecular flexibility index (Phi) is 3.01. The predicted molar refractivity (Wildman–Crippen MR) is 53.5 cm³/mol. The molecule has 0 spiro atoms. The lowest BCUT2D eigenvalue weighted by Gasteiger charge is -2.08. The number of pyridine rings is 1. The van der Waals surface area contributed by atoms with E-state index in [9.17, 15) is 13.2 Å². The number of nitrogens with zero attached hydrogens (tertiary/aromatic N) is 4. The minimum absolute atomic E-state index is 0.331. The summed E-state index contributed by atoms with van der Waals surface area (Å²) in [5.41, 5.74) is 0. The van der Waals surface area contributed by atoms with E-state index in [2.05, 4.69) is 35.7 Å². The lowest BCUT2D eigenvalue weighted by molar-refractivity contribution is -0.274. The molecule has 5 nitrogen and oxygen atoms in total. The van der Waals surface area contributed by atoms with Gasteiger partial charge in [0.1, 0.15) is 12.1 Å². The van der Waals surface area contributed by atoms with Gasteiger partial charge in [-0.3, -0.25) is 0 Å². The van der Waals surface area contributed by atoms with Crippen LogP contribution in [0.25, 0.3) is 5.82 Å². The third-order valence-corrected chi connectivity index (χ3v) is 2.02. The van der Waals surface area contributed by atoms with Crippen molar-refractivity contribution in [2.45, 2.75) is 6.36 Å². The molecule has 0 unspecified atom stereocenters. The highest BCUT2D eigenvalue weighted by molar-refractivity contribution is 9.10. The highest BCUT2D eigenvalue weighted by atomic mass is 79.9. The predicted octanol–water partition coefficient (Wildman–Crippen LogP) is 2.32. The van der Waals surface area contributed by atoms with Gasteiger partial charge in [0.25, 0.3) is 0 Å².